The Labute approximate surface area is 112 Å². The Hall–Kier alpha value is -1.83. The Kier molecular flexibility index (Phi) is 2.22. The van der Waals surface area contributed by atoms with Crippen LogP contribution in [0.25, 0.3) is 0 Å². The molecule has 0 N–H and O–H groups in total. The minimum atomic E-state index is -0.369. The van der Waals surface area contributed by atoms with Gasteiger partial charge >= 0.3 is 5.97 Å². The molecule has 0 amide bonds. The van der Waals surface area contributed by atoms with Gasteiger partial charge in [-0.05, 0) is 37.0 Å². The third-order valence-corrected chi connectivity index (χ3v) is 4.84. The maximum absolute atomic E-state index is 12.3. The first-order valence-electron chi connectivity index (χ1n) is 6.94. The predicted octanol–water partition coefficient (Wildman–Crippen LogP) is 3.36. The van der Waals surface area contributed by atoms with Crippen LogP contribution in [0.2, 0.25) is 0 Å². The molecule has 2 nitrogen and oxygen atoms in total. The Morgan fingerprint density at radius 3 is 2.89 bits per heavy atom. The molecule has 0 aromatic heterocycles. The lowest BCUT2D eigenvalue weighted by atomic mass is 9.81. The van der Waals surface area contributed by atoms with Gasteiger partial charge in [-0.2, -0.15) is 0 Å². The molecule has 3 aliphatic rings. The van der Waals surface area contributed by atoms with Crippen LogP contribution in [0, 0.1) is 17.8 Å². The fourth-order valence-corrected chi connectivity index (χ4v) is 3.95. The van der Waals surface area contributed by atoms with E-state index in [1.54, 1.807) is 0 Å². The van der Waals surface area contributed by atoms with Crippen molar-refractivity contribution in [1.29, 1.82) is 0 Å². The third kappa shape index (κ3) is 1.46. The van der Waals surface area contributed by atoms with Crippen molar-refractivity contribution in [3.05, 3.63) is 60.2 Å². The zero-order valence-corrected chi connectivity index (χ0v) is 10.7. The summed E-state index contributed by atoms with van der Waals surface area (Å²) in [5.41, 5.74) is 0.273. The van der Waals surface area contributed by atoms with Crippen molar-refractivity contribution in [2.24, 2.45) is 17.8 Å². The molecule has 19 heavy (non-hydrogen) atoms. The van der Waals surface area contributed by atoms with Gasteiger partial charge in [-0.15, -0.1) is 0 Å². The summed E-state index contributed by atoms with van der Waals surface area (Å²) in [5, 5.41) is 0. The first-order valence-corrected chi connectivity index (χ1v) is 6.94. The van der Waals surface area contributed by atoms with Crippen molar-refractivity contribution >= 4 is 5.97 Å². The molecule has 0 heterocycles. The van der Waals surface area contributed by atoms with Crippen molar-refractivity contribution in [3.63, 3.8) is 0 Å². The van der Waals surface area contributed by atoms with E-state index in [0.29, 0.717) is 23.3 Å². The van der Waals surface area contributed by atoms with Crippen LogP contribution in [0.3, 0.4) is 0 Å². The van der Waals surface area contributed by atoms with E-state index in [1.807, 2.05) is 30.3 Å². The van der Waals surface area contributed by atoms with Crippen LogP contribution in [0.15, 0.2) is 54.6 Å². The summed E-state index contributed by atoms with van der Waals surface area (Å²) in [6.07, 6.45) is 11.0. The Balaban J connectivity index is 1.64. The zero-order valence-electron chi connectivity index (χ0n) is 10.7. The molecule has 1 aromatic rings. The number of rotatable bonds is 2. The number of hydrogen-bond donors (Lipinski definition) is 0. The fourth-order valence-electron chi connectivity index (χ4n) is 3.95. The summed E-state index contributed by atoms with van der Waals surface area (Å²) < 4.78 is 5.97. The molecule has 4 rings (SSSR count). The van der Waals surface area contributed by atoms with E-state index in [-0.39, 0.29) is 11.6 Å². The number of allylic oxidation sites excluding steroid dienone is 2. The Morgan fingerprint density at radius 2 is 2.05 bits per heavy atom. The van der Waals surface area contributed by atoms with Crippen LogP contribution in [0.4, 0.5) is 0 Å². The molecule has 0 spiro atoms. The second kappa shape index (κ2) is 3.83. The lowest BCUT2D eigenvalue weighted by Gasteiger charge is -2.35. The van der Waals surface area contributed by atoms with Crippen molar-refractivity contribution in [1.82, 2.24) is 0 Å². The quantitative estimate of drug-likeness (QED) is 0.596. The van der Waals surface area contributed by atoms with E-state index in [9.17, 15) is 4.79 Å². The van der Waals surface area contributed by atoms with Gasteiger partial charge in [0.25, 0.3) is 0 Å². The van der Waals surface area contributed by atoms with Crippen LogP contribution >= 0.6 is 0 Å². The highest BCUT2D eigenvalue weighted by atomic mass is 16.6. The predicted molar refractivity (Wildman–Crippen MR) is 72.6 cm³/mol. The van der Waals surface area contributed by atoms with Crippen LogP contribution in [-0.2, 0) is 4.74 Å². The van der Waals surface area contributed by atoms with E-state index >= 15 is 0 Å². The molecule has 96 valence electrons. The van der Waals surface area contributed by atoms with E-state index in [0.717, 1.165) is 12.8 Å². The van der Waals surface area contributed by atoms with Gasteiger partial charge in [-0.25, -0.2) is 4.79 Å². The van der Waals surface area contributed by atoms with Crippen LogP contribution in [0.1, 0.15) is 23.2 Å². The maximum Gasteiger partial charge on any atom is 0.339 e. The molecule has 0 unspecified atom stereocenters. The minimum absolute atomic E-state index is 0.196. The lowest BCUT2D eigenvalue weighted by molar-refractivity contribution is -0.0246. The highest BCUT2D eigenvalue weighted by Crippen LogP contribution is 2.57. The number of carbonyl (C=O) groups is 1. The molecule has 1 aromatic carbocycles. The number of benzene rings is 1. The molecular formula is C17H16O2. The standard InChI is InChI=1S/C17H16O2/c18-16(12-5-2-1-3-6-12)19-17-10-4-7-15(17)13-8-9-14(17)11-13/h1-6,8-10,13-15H,7,11H2/t13-,14+,15-,17+/m1/s1. The summed E-state index contributed by atoms with van der Waals surface area (Å²) in [7, 11) is 0. The molecule has 2 heteroatoms. The van der Waals surface area contributed by atoms with Crippen molar-refractivity contribution < 1.29 is 9.53 Å². The lowest BCUT2D eigenvalue weighted by Crippen LogP contribution is -2.41. The normalized spacial score (nSPS) is 37.6. The van der Waals surface area contributed by atoms with Crippen LogP contribution in [0.5, 0.6) is 0 Å². The summed E-state index contributed by atoms with van der Waals surface area (Å²) in [5.74, 6) is 1.21. The average molecular weight is 252 g/mol. The molecule has 0 saturated heterocycles. The van der Waals surface area contributed by atoms with Gasteiger partial charge in [0.2, 0.25) is 0 Å². The fraction of sp³-hybridized carbons (Fsp3) is 0.353. The second-order valence-electron chi connectivity index (χ2n) is 5.74. The third-order valence-electron chi connectivity index (χ3n) is 4.84. The van der Waals surface area contributed by atoms with Crippen molar-refractivity contribution in [3.8, 4) is 0 Å². The number of carbonyl (C=O) groups excluding carboxylic acids is 1. The van der Waals surface area contributed by atoms with Crippen LogP contribution < -0.4 is 0 Å². The van der Waals surface area contributed by atoms with Gasteiger partial charge in [0.1, 0.15) is 5.60 Å². The first kappa shape index (κ1) is 11.0. The molecule has 1 fully saturated rings. The molecular weight excluding hydrogens is 236 g/mol. The maximum atomic E-state index is 12.3. The number of hydrogen-bond acceptors (Lipinski definition) is 2. The van der Waals surface area contributed by atoms with Gasteiger partial charge < -0.3 is 4.74 Å². The smallest absolute Gasteiger partial charge is 0.339 e. The minimum Gasteiger partial charge on any atom is -0.450 e. The molecule has 3 aliphatic carbocycles. The summed E-state index contributed by atoms with van der Waals surface area (Å²) in [4.78, 5) is 12.3. The monoisotopic (exact) mass is 252 g/mol. The molecule has 0 aliphatic heterocycles. The number of esters is 1. The van der Waals surface area contributed by atoms with E-state index < -0.39 is 0 Å². The zero-order chi connectivity index (χ0) is 12.9. The van der Waals surface area contributed by atoms with E-state index in [4.69, 9.17) is 4.74 Å². The van der Waals surface area contributed by atoms with Crippen LogP contribution in [-0.4, -0.2) is 11.6 Å². The molecule has 1 saturated carbocycles. The van der Waals surface area contributed by atoms with Crippen molar-refractivity contribution in [2.45, 2.75) is 18.4 Å². The summed E-state index contributed by atoms with van der Waals surface area (Å²) in [6.45, 7) is 0. The van der Waals surface area contributed by atoms with Crippen molar-refractivity contribution in [2.75, 3.05) is 0 Å². The van der Waals surface area contributed by atoms with Gasteiger partial charge in [0, 0.05) is 11.8 Å². The number of ether oxygens (including phenoxy) is 1. The molecule has 0 radical (unpaired) electrons. The second-order valence-corrected chi connectivity index (χ2v) is 5.74. The first-order chi connectivity index (χ1) is 9.29. The Morgan fingerprint density at radius 1 is 1.21 bits per heavy atom. The highest BCUT2D eigenvalue weighted by Gasteiger charge is 2.58. The van der Waals surface area contributed by atoms with Gasteiger partial charge in [0.05, 0.1) is 5.56 Å². The Bertz CT molecular complexity index is 572. The molecule has 2 bridgehead atoms. The van der Waals surface area contributed by atoms with Gasteiger partial charge in [0.15, 0.2) is 0 Å². The average Bonchev–Trinajstić information content (AvgIpc) is 3.11. The number of fused-ring (bicyclic) bond motifs is 5. The summed E-state index contributed by atoms with van der Waals surface area (Å²) in [6, 6.07) is 9.28. The molecule has 4 atom stereocenters. The SMILES string of the molecule is O=C(O[C@]12C=CC[C@@H]1[C@@H]1C=C[C@H]2C1)c1ccccc1. The summed E-state index contributed by atoms with van der Waals surface area (Å²) >= 11 is 0. The van der Waals surface area contributed by atoms with E-state index in [1.165, 1.54) is 0 Å². The van der Waals surface area contributed by atoms with Gasteiger partial charge in [-0.3, -0.25) is 0 Å². The topological polar surface area (TPSA) is 26.3 Å². The van der Waals surface area contributed by atoms with Gasteiger partial charge in [-0.1, -0.05) is 36.4 Å². The van der Waals surface area contributed by atoms with E-state index in [2.05, 4.69) is 24.3 Å². The highest BCUT2D eigenvalue weighted by molar-refractivity contribution is 5.89. The largest absolute Gasteiger partial charge is 0.450 e.